The smallest absolute Gasteiger partial charge is 0.347 e. The van der Waals surface area contributed by atoms with Crippen molar-refractivity contribution in [2.45, 2.75) is 31.8 Å². The number of carbonyl (C=O) groups is 2. The van der Waals surface area contributed by atoms with E-state index in [0.29, 0.717) is 6.42 Å². The number of esters is 2. The monoisotopic (exact) mass is 305 g/mol. The number of carbonyl (C=O) groups excluding carboxylic acids is 2. The summed E-state index contributed by atoms with van der Waals surface area (Å²) in [7, 11) is 1.23. The predicted octanol–water partition coefficient (Wildman–Crippen LogP) is 2.97. The van der Waals surface area contributed by atoms with Crippen LogP contribution in [0.4, 0.5) is 0 Å². The van der Waals surface area contributed by atoms with Crippen molar-refractivity contribution in [1.29, 1.82) is 0 Å². The van der Waals surface area contributed by atoms with E-state index in [1.54, 1.807) is 6.92 Å². The molecule has 7 nitrogen and oxygen atoms in total. The molecule has 0 aliphatic rings. The van der Waals surface area contributed by atoms with E-state index in [2.05, 4.69) is 14.8 Å². The molecule has 1 aromatic rings. The Kier molecular flexibility index (Phi) is 7.50. The Morgan fingerprint density at radius 2 is 1.95 bits per heavy atom. The molecule has 7 heteroatoms. The maximum atomic E-state index is 12.2. The van der Waals surface area contributed by atoms with E-state index < -0.39 is 24.0 Å². The zero-order valence-corrected chi connectivity index (χ0v) is 12.6. The molecule has 0 heterocycles. The molecule has 0 saturated carbocycles. The van der Waals surface area contributed by atoms with Crippen molar-refractivity contribution in [2.75, 3.05) is 13.7 Å². The SMILES string of the molecule is COC(=O)[C@@H](CCCN=[N+]=[N-])OC(=O)[C@@H](C)c1ccccc1. The first-order chi connectivity index (χ1) is 10.6. The Balaban J connectivity index is 2.65. The van der Waals surface area contributed by atoms with Crippen molar-refractivity contribution in [3.05, 3.63) is 46.3 Å². The molecule has 2 atom stereocenters. The van der Waals surface area contributed by atoms with E-state index >= 15 is 0 Å². The molecule has 0 fully saturated rings. The normalized spacial score (nSPS) is 12.6. The quantitative estimate of drug-likeness (QED) is 0.242. The lowest BCUT2D eigenvalue weighted by atomic mass is 10.0. The number of azide groups is 1. The molecule has 22 heavy (non-hydrogen) atoms. The van der Waals surface area contributed by atoms with Crippen LogP contribution in [0.15, 0.2) is 35.4 Å². The molecule has 0 N–H and O–H groups in total. The third-order valence-electron chi connectivity index (χ3n) is 3.16. The first-order valence-electron chi connectivity index (χ1n) is 6.94. The van der Waals surface area contributed by atoms with Gasteiger partial charge in [0.25, 0.3) is 0 Å². The average Bonchev–Trinajstić information content (AvgIpc) is 2.56. The molecule has 0 radical (unpaired) electrons. The van der Waals surface area contributed by atoms with E-state index in [1.807, 2.05) is 30.3 Å². The zero-order chi connectivity index (χ0) is 16.4. The molecule has 118 valence electrons. The molecule has 0 spiro atoms. The summed E-state index contributed by atoms with van der Waals surface area (Å²) in [6.45, 7) is 1.95. The fourth-order valence-electron chi connectivity index (χ4n) is 1.87. The number of methoxy groups -OCH3 is 1. The summed E-state index contributed by atoms with van der Waals surface area (Å²) < 4.78 is 9.89. The largest absolute Gasteiger partial charge is 0.466 e. The lowest BCUT2D eigenvalue weighted by molar-refractivity contribution is -0.167. The van der Waals surface area contributed by atoms with Gasteiger partial charge in [-0.25, -0.2) is 4.79 Å². The molecule has 0 aliphatic heterocycles. The summed E-state index contributed by atoms with van der Waals surface area (Å²) in [4.78, 5) is 26.4. The van der Waals surface area contributed by atoms with Crippen LogP contribution < -0.4 is 0 Å². The average molecular weight is 305 g/mol. The number of rotatable bonds is 8. The van der Waals surface area contributed by atoms with Gasteiger partial charge in [-0.15, -0.1) is 0 Å². The highest BCUT2D eigenvalue weighted by molar-refractivity contribution is 5.82. The Morgan fingerprint density at radius 1 is 1.27 bits per heavy atom. The van der Waals surface area contributed by atoms with Crippen LogP contribution in [0.2, 0.25) is 0 Å². The van der Waals surface area contributed by atoms with Crippen LogP contribution >= 0.6 is 0 Å². The van der Waals surface area contributed by atoms with Crippen molar-refractivity contribution >= 4 is 11.9 Å². The molecule has 0 bridgehead atoms. The highest BCUT2D eigenvalue weighted by Gasteiger charge is 2.26. The minimum Gasteiger partial charge on any atom is -0.466 e. The molecule has 0 saturated heterocycles. The van der Waals surface area contributed by atoms with Crippen LogP contribution in [0.3, 0.4) is 0 Å². The number of nitrogens with zero attached hydrogens (tertiary/aromatic N) is 3. The van der Waals surface area contributed by atoms with Crippen molar-refractivity contribution in [2.24, 2.45) is 5.11 Å². The van der Waals surface area contributed by atoms with Gasteiger partial charge in [-0.05, 0) is 30.9 Å². The zero-order valence-electron chi connectivity index (χ0n) is 12.6. The fourth-order valence-corrected chi connectivity index (χ4v) is 1.87. The maximum Gasteiger partial charge on any atom is 0.347 e. The van der Waals surface area contributed by atoms with Crippen LogP contribution in [0.5, 0.6) is 0 Å². The van der Waals surface area contributed by atoms with Gasteiger partial charge in [-0.2, -0.15) is 0 Å². The number of hydrogen-bond acceptors (Lipinski definition) is 5. The highest BCUT2D eigenvalue weighted by atomic mass is 16.6. The van der Waals surface area contributed by atoms with Gasteiger partial charge in [-0.1, -0.05) is 35.4 Å². The van der Waals surface area contributed by atoms with E-state index in [-0.39, 0.29) is 13.0 Å². The standard InChI is InChI=1S/C15H19N3O4/c1-11(12-7-4-3-5-8-12)14(19)22-13(15(20)21-2)9-6-10-17-18-16/h3-5,7-8,11,13H,6,9-10H2,1-2H3/t11-,13+/m0/s1. The topological polar surface area (TPSA) is 101 Å². The van der Waals surface area contributed by atoms with Gasteiger partial charge in [0.05, 0.1) is 13.0 Å². The fraction of sp³-hybridized carbons (Fsp3) is 0.467. The lowest BCUT2D eigenvalue weighted by Crippen LogP contribution is -2.30. The molecule has 1 aromatic carbocycles. The third kappa shape index (κ3) is 5.46. The van der Waals surface area contributed by atoms with Crippen LogP contribution in [0.25, 0.3) is 10.4 Å². The second kappa shape index (κ2) is 9.41. The number of ether oxygens (including phenoxy) is 2. The van der Waals surface area contributed by atoms with Crippen LogP contribution in [-0.4, -0.2) is 31.7 Å². The first kappa shape index (κ1) is 17.5. The van der Waals surface area contributed by atoms with Crippen LogP contribution in [-0.2, 0) is 19.1 Å². The molecule has 0 amide bonds. The summed E-state index contributed by atoms with van der Waals surface area (Å²) in [5.74, 6) is -1.59. The van der Waals surface area contributed by atoms with Gasteiger partial charge in [-0.3, -0.25) is 4.79 Å². The van der Waals surface area contributed by atoms with Gasteiger partial charge < -0.3 is 9.47 Å². The van der Waals surface area contributed by atoms with Crippen LogP contribution in [0, 0.1) is 0 Å². The predicted molar refractivity (Wildman–Crippen MR) is 80.0 cm³/mol. The summed E-state index contributed by atoms with van der Waals surface area (Å²) in [6.07, 6.45) is -0.312. The van der Waals surface area contributed by atoms with E-state index in [0.717, 1.165) is 5.56 Å². The molecule has 0 aromatic heterocycles. The molecule has 0 aliphatic carbocycles. The van der Waals surface area contributed by atoms with Crippen LogP contribution in [0.1, 0.15) is 31.2 Å². The second-order valence-corrected chi connectivity index (χ2v) is 4.68. The van der Waals surface area contributed by atoms with Gasteiger partial charge in [0, 0.05) is 11.5 Å². The molecule has 1 rings (SSSR count). The molecular weight excluding hydrogens is 286 g/mol. The Morgan fingerprint density at radius 3 is 2.55 bits per heavy atom. The first-order valence-corrected chi connectivity index (χ1v) is 6.94. The lowest BCUT2D eigenvalue weighted by Gasteiger charge is -2.18. The Labute approximate surface area is 128 Å². The molecule has 0 unspecified atom stereocenters. The van der Waals surface area contributed by atoms with Gasteiger partial charge in [0.1, 0.15) is 0 Å². The van der Waals surface area contributed by atoms with Crippen molar-refractivity contribution < 1.29 is 19.1 Å². The Hall–Kier alpha value is -2.53. The van der Waals surface area contributed by atoms with Crippen molar-refractivity contribution in [3.8, 4) is 0 Å². The number of hydrogen-bond donors (Lipinski definition) is 0. The summed E-state index contributed by atoms with van der Waals surface area (Å²) >= 11 is 0. The van der Waals surface area contributed by atoms with E-state index in [1.165, 1.54) is 7.11 Å². The summed E-state index contributed by atoms with van der Waals surface area (Å²) in [6, 6.07) is 9.16. The Bertz CT molecular complexity index is 541. The van der Waals surface area contributed by atoms with Gasteiger partial charge in [0.2, 0.25) is 0 Å². The summed E-state index contributed by atoms with van der Waals surface area (Å²) in [5, 5.41) is 3.38. The minimum absolute atomic E-state index is 0.232. The van der Waals surface area contributed by atoms with Gasteiger partial charge >= 0.3 is 11.9 Å². The minimum atomic E-state index is -0.988. The van der Waals surface area contributed by atoms with E-state index in [4.69, 9.17) is 10.3 Å². The third-order valence-corrected chi connectivity index (χ3v) is 3.16. The van der Waals surface area contributed by atoms with Crippen molar-refractivity contribution in [3.63, 3.8) is 0 Å². The van der Waals surface area contributed by atoms with E-state index in [9.17, 15) is 9.59 Å². The number of benzene rings is 1. The highest BCUT2D eigenvalue weighted by Crippen LogP contribution is 2.18. The summed E-state index contributed by atoms with van der Waals surface area (Å²) in [5.41, 5.74) is 9.02. The molecular formula is C15H19N3O4. The van der Waals surface area contributed by atoms with Crippen molar-refractivity contribution in [1.82, 2.24) is 0 Å². The maximum absolute atomic E-state index is 12.2. The second-order valence-electron chi connectivity index (χ2n) is 4.68. The van der Waals surface area contributed by atoms with Gasteiger partial charge in [0.15, 0.2) is 6.10 Å².